The van der Waals surface area contributed by atoms with Crippen molar-refractivity contribution in [3.63, 3.8) is 0 Å². The van der Waals surface area contributed by atoms with Crippen LogP contribution in [0.15, 0.2) is 24.3 Å². The highest BCUT2D eigenvalue weighted by Gasteiger charge is 2.04. The number of methoxy groups -OCH3 is 1. The first-order valence-corrected chi connectivity index (χ1v) is 5.54. The third-order valence-electron chi connectivity index (χ3n) is 2.49. The third-order valence-corrected chi connectivity index (χ3v) is 2.49. The molecular weight excluding hydrogens is 218 g/mol. The predicted molar refractivity (Wildman–Crippen MR) is 67.0 cm³/mol. The van der Waals surface area contributed by atoms with Crippen LogP contribution in [-0.4, -0.2) is 26.2 Å². The minimum atomic E-state index is -0.496. The molecule has 0 spiro atoms. The van der Waals surface area contributed by atoms with Crippen LogP contribution >= 0.6 is 0 Å². The maximum Gasteiger partial charge on any atom is 0.312 e. The molecule has 5 heteroatoms. The van der Waals surface area contributed by atoms with Gasteiger partial charge in [-0.2, -0.15) is 0 Å². The lowest BCUT2D eigenvalue weighted by Gasteiger charge is -2.14. The second-order valence-electron chi connectivity index (χ2n) is 3.74. The molecule has 1 rings (SSSR count). The second kappa shape index (κ2) is 6.75. The topological polar surface area (TPSA) is 76.4 Å². The maximum absolute atomic E-state index is 10.5. The Hall–Kier alpha value is -1.75. The highest BCUT2D eigenvalue weighted by molar-refractivity contribution is 5.71. The van der Waals surface area contributed by atoms with Crippen molar-refractivity contribution in [1.29, 1.82) is 0 Å². The zero-order valence-electron chi connectivity index (χ0n) is 10.2. The van der Waals surface area contributed by atoms with Gasteiger partial charge in [-0.15, -0.1) is 0 Å². The molecule has 1 atom stereocenters. The average Bonchev–Trinajstić information content (AvgIpc) is 2.34. The number of amides is 2. The molecule has 0 bridgehead atoms. The van der Waals surface area contributed by atoms with Gasteiger partial charge in [0.15, 0.2) is 0 Å². The van der Waals surface area contributed by atoms with Gasteiger partial charge in [-0.3, -0.25) is 0 Å². The highest BCUT2D eigenvalue weighted by Crippen LogP contribution is 2.16. The first-order valence-electron chi connectivity index (χ1n) is 5.54. The van der Waals surface area contributed by atoms with E-state index in [1.807, 2.05) is 24.3 Å². The Labute approximate surface area is 101 Å². The van der Waals surface area contributed by atoms with Gasteiger partial charge in [-0.05, 0) is 24.6 Å². The van der Waals surface area contributed by atoms with E-state index in [1.165, 1.54) is 5.56 Å². The summed E-state index contributed by atoms with van der Waals surface area (Å²) in [6.07, 6.45) is 0. The Morgan fingerprint density at radius 3 is 2.53 bits per heavy atom. The largest absolute Gasteiger partial charge is 0.497 e. The second-order valence-corrected chi connectivity index (χ2v) is 3.74. The van der Waals surface area contributed by atoms with Crippen molar-refractivity contribution in [3.8, 4) is 5.75 Å². The molecule has 1 unspecified atom stereocenters. The van der Waals surface area contributed by atoms with Crippen molar-refractivity contribution in [2.45, 2.75) is 13.0 Å². The van der Waals surface area contributed by atoms with Crippen LogP contribution in [0, 0.1) is 0 Å². The molecule has 0 radical (unpaired) electrons. The molecule has 0 aromatic heterocycles. The van der Waals surface area contributed by atoms with Crippen LogP contribution in [0.5, 0.6) is 5.75 Å². The van der Waals surface area contributed by atoms with E-state index in [2.05, 4.69) is 17.6 Å². The van der Waals surface area contributed by atoms with Gasteiger partial charge in [0, 0.05) is 19.1 Å². The van der Waals surface area contributed by atoms with Crippen LogP contribution in [0.1, 0.15) is 18.5 Å². The first kappa shape index (κ1) is 13.3. The third kappa shape index (κ3) is 4.74. The Kier molecular flexibility index (Phi) is 5.29. The Bertz CT molecular complexity index is 351. The van der Waals surface area contributed by atoms with Crippen LogP contribution in [-0.2, 0) is 0 Å². The fourth-order valence-corrected chi connectivity index (χ4v) is 1.48. The van der Waals surface area contributed by atoms with E-state index in [1.54, 1.807) is 7.11 Å². The lowest BCUT2D eigenvalue weighted by Crippen LogP contribution is -2.35. The van der Waals surface area contributed by atoms with Gasteiger partial charge in [-0.25, -0.2) is 4.79 Å². The summed E-state index contributed by atoms with van der Waals surface area (Å²) in [6, 6.07) is 7.60. The lowest BCUT2D eigenvalue weighted by molar-refractivity contribution is 0.249. The van der Waals surface area contributed by atoms with E-state index in [4.69, 9.17) is 10.5 Å². The monoisotopic (exact) mass is 237 g/mol. The van der Waals surface area contributed by atoms with E-state index in [-0.39, 0.29) is 6.04 Å². The van der Waals surface area contributed by atoms with Crippen LogP contribution in [0.25, 0.3) is 0 Å². The smallest absolute Gasteiger partial charge is 0.312 e. The molecular formula is C12H19N3O2. The van der Waals surface area contributed by atoms with E-state index >= 15 is 0 Å². The minimum absolute atomic E-state index is 0.218. The summed E-state index contributed by atoms with van der Waals surface area (Å²) < 4.78 is 5.09. The van der Waals surface area contributed by atoms with Gasteiger partial charge >= 0.3 is 6.03 Å². The number of nitrogens with two attached hydrogens (primary N) is 1. The Balaban J connectivity index is 2.35. The maximum atomic E-state index is 10.5. The number of benzene rings is 1. The van der Waals surface area contributed by atoms with E-state index in [0.717, 1.165) is 5.75 Å². The van der Waals surface area contributed by atoms with E-state index in [0.29, 0.717) is 13.1 Å². The van der Waals surface area contributed by atoms with Gasteiger partial charge in [0.05, 0.1) is 7.11 Å². The van der Waals surface area contributed by atoms with Crippen molar-refractivity contribution in [2.75, 3.05) is 20.2 Å². The molecule has 2 amide bonds. The number of rotatable bonds is 6. The number of hydrogen-bond donors (Lipinski definition) is 3. The number of hydrogen-bond acceptors (Lipinski definition) is 3. The summed E-state index contributed by atoms with van der Waals surface area (Å²) in [5.41, 5.74) is 6.13. The molecule has 4 N–H and O–H groups in total. The fourth-order valence-electron chi connectivity index (χ4n) is 1.48. The van der Waals surface area contributed by atoms with Crippen LogP contribution < -0.4 is 21.1 Å². The molecule has 0 aliphatic rings. The highest BCUT2D eigenvalue weighted by atomic mass is 16.5. The van der Waals surface area contributed by atoms with Crippen molar-refractivity contribution >= 4 is 6.03 Å². The molecule has 0 fully saturated rings. The van der Waals surface area contributed by atoms with Gasteiger partial charge in [0.2, 0.25) is 0 Å². The summed E-state index contributed by atoms with van der Waals surface area (Å²) in [5.74, 6) is 0.844. The van der Waals surface area contributed by atoms with E-state index < -0.39 is 6.03 Å². The zero-order valence-corrected chi connectivity index (χ0v) is 10.2. The van der Waals surface area contributed by atoms with Crippen molar-refractivity contribution < 1.29 is 9.53 Å². The SMILES string of the molecule is COc1ccc(C(C)NCCNC(N)=O)cc1. The standard InChI is InChI=1S/C12H19N3O2/c1-9(14-7-8-15-12(13)16)10-3-5-11(17-2)6-4-10/h3-6,9,14H,7-8H2,1-2H3,(H3,13,15,16). The van der Waals surface area contributed by atoms with Gasteiger partial charge < -0.3 is 21.1 Å². The molecule has 17 heavy (non-hydrogen) atoms. The summed E-state index contributed by atoms with van der Waals surface area (Å²) in [5, 5.41) is 5.81. The van der Waals surface area contributed by atoms with Gasteiger partial charge in [0.1, 0.15) is 5.75 Å². The molecule has 0 saturated carbocycles. The van der Waals surface area contributed by atoms with Crippen molar-refractivity contribution in [2.24, 2.45) is 5.73 Å². The number of carbonyl (C=O) groups is 1. The number of nitrogens with one attached hydrogen (secondary N) is 2. The van der Waals surface area contributed by atoms with E-state index in [9.17, 15) is 4.79 Å². The molecule has 0 aliphatic carbocycles. The molecule has 94 valence electrons. The van der Waals surface area contributed by atoms with Crippen LogP contribution in [0.4, 0.5) is 4.79 Å². The van der Waals surface area contributed by atoms with Crippen molar-refractivity contribution in [1.82, 2.24) is 10.6 Å². The molecule has 1 aromatic rings. The molecule has 1 aromatic carbocycles. The normalized spacial score (nSPS) is 11.9. The molecule has 0 heterocycles. The summed E-state index contributed by atoms with van der Waals surface area (Å²) in [7, 11) is 1.65. The minimum Gasteiger partial charge on any atom is -0.497 e. The number of primary amides is 1. The molecule has 0 aliphatic heterocycles. The summed E-state index contributed by atoms with van der Waals surface area (Å²) in [4.78, 5) is 10.5. The summed E-state index contributed by atoms with van der Waals surface area (Å²) in [6.45, 7) is 3.26. The van der Waals surface area contributed by atoms with Crippen LogP contribution in [0.2, 0.25) is 0 Å². The molecule has 5 nitrogen and oxygen atoms in total. The van der Waals surface area contributed by atoms with Crippen molar-refractivity contribution in [3.05, 3.63) is 29.8 Å². The quantitative estimate of drug-likeness (QED) is 0.646. The average molecular weight is 237 g/mol. The molecule has 0 saturated heterocycles. The lowest BCUT2D eigenvalue weighted by atomic mass is 10.1. The zero-order chi connectivity index (χ0) is 12.7. The number of carbonyl (C=O) groups excluding carboxylic acids is 1. The summed E-state index contributed by atoms with van der Waals surface area (Å²) >= 11 is 0. The Morgan fingerprint density at radius 1 is 1.35 bits per heavy atom. The fraction of sp³-hybridized carbons (Fsp3) is 0.417. The van der Waals surface area contributed by atoms with Crippen LogP contribution in [0.3, 0.4) is 0 Å². The van der Waals surface area contributed by atoms with Gasteiger partial charge in [0.25, 0.3) is 0 Å². The first-order chi connectivity index (χ1) is 8.13. The predicted octanol–water partition coefficient (Wildman–Crippen LogP) is 1.01. The number of urea groups is 1. The Morgan fingerprint density at radius 2 is 2.00 bits per heavy atom. The van der Waals surface area contributed by atoms with Gasteiger partial charge in [-0.1, -0.05) is 12.1 Å². The number of ether oxygens (including phenoxy) is 1.